The second kappa shape index (κ2) is 12.4. The minimum Gasteiger partial charge on any atom is -0.479 e. The molecule has 0 aliphatic heterocycles. The molecule has 2 unspecified atom stereocenters. The summed E-state index contributed by atoms with van der Waals surface area (Å²) in [7, 11) is 0. The Labute approximate surface area is 96.7 Å². The van der Waals surface area contributed by atoms with E-state index in [2.05, 4.69) is 6.92 Å². The summed E-state index contributed by atoms with van der Waals surface area (Å²) in [5, 5.41) is 33.0. The first-order chi connectivity index (χ1) is 7.49. The fourth-order valence-corrected chi connectivity index (χ4v) is 0.969. The predicted octanol–water partition coefficient (Wildman–Crippen LogP) is 0.619. The second-order valence-electron chi connectivity index (χ2n) is 3.69. The second-order valence-corrected chi connectivity index (χ2v) is 3.69. The maximum absolute atomic E-state index is 9.45. The number of aliphatic hydroxyl groups is 3. The molecule has 0 aliphatic rings. The topological polar surface area (TPSA) is 98.0 Å². The summed E-state index contributed by atoms with van der Waals surface area (Å²) in [5.74, 6) is -0.735. The van der Waals surface area contributed by atoms with Gasteiger partial charge in [-0.3, -0.25) is 0 Å². The van der Waals surface area contributed by atoms with Crippen LogP contribution in [0, 0.1) is 5.92 Å². The van der Waals surface area contributed by atoms with Crippen molar-refractivity contribution >= 4 is 5.97 Å². The normalized spacial score (nSPS) is 13.6. The third kappa shape index (κ3) is 13.4. The van der Waals surface area contributed by atoms with Crippen LogP contribution in [0.3, 0.4) is 0 Å². The molecule has 5 heteroatoms. The summed E-state index contributed by atoms with van der Waals surface area (Å²) >= 11 is 0. The largest absolute Gasteiger partial charge is 0.479 e. The Bertz CT molecular complexity index is 154. The molecule has 0 saturated heterocycles. The zero-order valence-corrected chi connectivity index (χ0v) is 10.1. The smallest absolute Gasteiger partial charge is 0.332 e. The first-order valence-electron chi connectivity index (χ1n) is 5.62. The molecule has 4 N–H and O–H groups in total. The van der Waals surface area contributed by atoms with E-state index in [-0.39, 0.29) is 6.61 Å². The number of rotatable bonds is 7. The Kier molecular flexibility index (Phi) is 13.8. The number of carboxylic acids is 1. The molecular weight excluding hydrogens is 212 g/mol. The zero-order valence-electron chi connectivity index (χ0n) is 10.1. The van der Waals surface area contributed by atoms with Gasteiger partial charge in [0, 0.05) is 13.2 Å². The Morgan fingerprint density at radius 2 is 1.75 bits per heavy atom. The van der Waals surface area contributed by atoms with Crippen LogP contribution in [-0.2, 0) is 4.79 Å². The highest BCUT2D eigenvalue weighted by atomic mass is 16.4. The maximum Gasteiger partial charge on any atom is 0.332 e. The number of unbranched alkanes of at least 4 members (excludes halogenated alkanes) is 1. The van der Waals surface area contributed by atoms with Gasteiger partial charge in [0.2, 0.25) is 0 Å². The highest BCUT2D eigenvalue weighted by Crippen LogP contribution is 2.10. The fourth-order valence-electron chi connectivity index (χ4n) is 0.969. The quantitative estimate of drug-likeness (QED) is 0.486. The molecule has 0 radical (unpaired) electrons. The van der Waals surface area contributed by atoms with Crippen molar-refractivity contribution in [1.82, 2.24) is 0 Å². The van der Waals surface area contributed by atoms with Crippen LogP contribution in [-0.4, -0.2) is 45.7 Å². The van der Waals surface area contributed by atoms with Gasteiger partial charge in [-0.2, -0.15) is 0 Å². The van der Waals surface area contributed by atoms with Crippen LogP contribution in [0.1, 0.15) is 39.5 Å². The minimum atomic E-state index is -1.23. The van der Waals surface area contributed by atoms with Gasteiger partial charge in [-0.05, 0) is 25.7 Å². The van der Waals surface area contributed by atoms with E-state index in [0.29, 0.717) is 12.5 Å². The molecule has 16 heavy (non-hydrogen) atoms. The first-order valence-corrected chi connectivity index (χ1v) is 5.62. The summed E-state index contributed by atoms with van der Waals surface area (Å²) < 4.78 is 0. The van der Waals surface area contributed by atoms with Crippen LogP contribution in [0.4, 0.5) is 0 Å². The number of hydrogen-bond donors (Lipinski definition) is 4. The molecule has 0 aromatic carbocycles. The van der Waals surface area contributed by atoms with Crippen LogP contribution in [0.5, 0.6) is 0 Å². The van der Waals surface area contributed by atoms with Gasteiger partial charge in [-0.25, -0.2) is 4.79 Å². The molecular formula is C11H24O5. The predicted molar refractivity (Wildman–Crippen MR) is 61.1 cm³/mol. The highest BCUT2D eigenvalue weighted by Gasteiger charge is 2.02. The molecule has 0 aromatic rings. The lowest BCUT2D eigenvalue weighted by atomic mass is 10.0. The number of aliphatic carboxylic acids is 1. The van der Waals surface area contributed by atoms with E-state index in [1.165, 1.54) is 6.92 Å². The zero-order chi connectivity index (χ0) is 13.0. The molecule has 0 rings (SSSR count). The molecule has 0 fully saturated rings. The maximum atomic E-state index is 9.45. The Morgan fingerprint density at radius 1 is 1.25 bits per heavy atom. The van der Waals surface area contributed by atoms with E-state index in [4.69, 9.17) is 20.4 Å². The number of carbonyl (C=O) groups is 1. The van der Waals surface area contributed by atoms with Gasteiger partial charge in [-0.1, -0.05) is 19.8 Å². The molecule has 0 heterocycles. The van der Waals surface area contributed by atoms with Crippen molar-refractivity contribution in [2.45, 2.75) is 45.6 Å². The Morgan fingerprint density at radius 3 is 2.00 bits per heavy atom. The van der Waals surface area contributed by atoms with Crippen molar-refractivity contribution in [3.63, 3.8) is 0 Å². The van der Waals surface area contributed by atoms with E-state index < -0.39 is 12.1 Å². The van der Waals surface area contributed by atoms with Gasteiger partial charge >= 0.3 is 5.97 Å². The van der Waals surface area contributed by atoms with E-state index in [0.717, 1.165) is 25.7 Å². The summed E-state index contributed by atoms with van der Waals surface area (Å²) in [6, 6.07) is 0. The number of carboxylic acid groups (broad SMARTS) is 1. The van der Waals surface area contributed by atoms with Crippen LogP contribution in [0.15, 0.2) is 0 Å². The first kappa shape index (κ1) is 17.7. The third-order valence-electron chi connectivity index (χ3n) is 2.21. The summed E-state index contributed by atoms with van der Waals surface area (Å²) in [6.07, 6.45) is 2.77. The number of aliphatic hydroxyl groups excluding tert-OH is 3. The summed E-state index contributed by atoms with van der Waals surface area (Å²) in [5.41, 5.74) is 0. The van der Waals surface area contributed by atoms with Crippen molar-refractivity contribution in [2.24, 2.45) is 5.92 Å². The van der Waals surface area contributed by atoms with Crippen molar-refractivity contribution in [3.8, 4) is 0 Å². The van der Waals surface area contributed by atoms with E-state index in [9.17, 15) is 4.79 Å². The van der Waals surface area contributed by atoms with E-state index >= 15 is 0 Å². The minimum absolute atomic E-state index is 0.280. The molecule has 0 amide bonds. The van der Waals surface area contributed by atoms with Gasteiger partial charge in [0.25, 0.3) is 0 Å². The van der Waals surface area contributed by atoms with Crippen LogP contribution in [0.25, 0.3) is 0 Å². The van der Waals surface area contributed by atoms with Crippen LogP contribution in [0.2, 0.25) is 0 Å². The molecule has 0 bridgehead atoms. The lowest BCUT2D eigenvalue weighted by molar-refractivity contribution is -0.145. The van der Waals surface area contributed by atoms with Gasteiger partial charge in [-0.15, -0.1) is 0 Å². The summed E-state index contributed by atoms with van der Waals surface area (Å²) in [6.45, 7) is 3.85. The fraction of sp³-hybridized carbons (Fsp3) is 0.909. The lowest BCUT2D eigenvalue weighted by Gasteiger charge is -2.09. The monoisotopic (exact) mass is 236 g/mol. The standard InChI is InChI=1S/C8H18O2.C3H6O3/c1-2-8(7-10)5-3-4-6-9;1-2(4)3(5)6/h8-10H,2-7H2,1H3;2,4H,1H3,(H,5,6). The average Bonchev–Trinajstić information content (AvgIpc) is 2.25. The molecule has 0 saturated carbocycles. The number of hydrogen-bond acceptors (Lipinski definition) is 4. The van der Waals surface area contributed by atoms with Crippen molar-refractivity contribution in [1.29, 1.82) is 0 Å². The SMILES string of the molecule is CC(O)C(=O)O.CCC(CO)CCCCO. The van der Waals surface area contributed by atoms with Crippen LogP contribution >= 0.6 is 0 Å². The Hall–Kier alpha value is -0.650. The van der Waals surface area contributed by atoms with E-state index in [1.807, 2.05) is 0 Å². The summed E-state index contributed by atoms with van der Waals surface area (Å²) in [4.78, 5) is 9.45. The van der Waals surface area contributed by atoms with Crippen LogP contribution < -0.4 is 0 Å². The van der Waals surface area contributed by atoms with Gasteiger partial charge in [0.1, 0.15) is 6.10 Å². The van der Waals surface area contributed by atoms with Crippen molar-refractivity contribution in [3.05, 3.63) is 0 Å². The highest BCUT2D eigenvalue weighted by molar-refractivity contribution is 5.71. The molecule has 0 spiro atoms. The lowest BCUT2D eigenvalue weighted by Crippen LogP contribution is -2.13. The Balaban J connectivity index is 0. The van der Waals surface area contributed by atoms with Gasteiger partial charge in [0.05, 0.1) is 0 Å². The molecule has 0 aliphatic carbocycles. The average molecular weight is 236 g/mol. The molecule has 0 aromatic heterocycles. The van der Waals surface area contributed by atoms with Crippen molar-refractivity contribution < 1.29 is 25.2 Å². The molecule has 2 atom stereocenters. The van der Waals surface area contributed by atoms with E-state index in [1.54, 1.807) is 0 Å². The molecule has 5 nitrogen and oxygen atoms in total. The van der Waals surface area contributed by atoms with Crippen molar-refractivity contribution in [2.75, 3.05) is 13.2 Å². The molecule has 98 valence electrons. The van der Waals surface area contributed by atoms with Gasteiger partial charge < -0.3 is 20.4 Å². The van der Waals surface area contributed by atoms with Gasteiger partial charge in [0.15, 0.2) is 0 Å². The third-order valence-corrected chi connectivity index (χ3v) is 2.21.